The minimum absolute atomic E-state index is 0.203. The average Bonchev–Trinajstić information content (AvgIpc) is 3.40. The van der Waals surface area contributed by atoms with Crippen molar-refractivity contribution in [2.45, 2.75) is 56.8 Å². The maximum Gasteiger partial charge on any atom is 0.337 e. The molecule has 0 amide bonds. The Kier molecular flexibility index (Phi) is 7.47. The molecule has 1 saturated carbocycles. The zero-order valence-electron chi connectivity index (χ0n) is 19.6. The van der Waals surface area contributed by atoms with Crippen molar-refractivity contribution < 1.29 is 23.8 Å². The Morgan fingerprint density at radius 3 is 2.47 bits per heavy atom. The first-order chi connectivity index (χ1) is 16.5. The largest absolute Gasteiger partial charge is 0.493 e. The highest BCUT2D eigenvalue weighted by Crippen LogP contribution is 2.34. The van der Waals surface area contributed by atoms with Crippen LogP contribution in [0.5, 0.6) is 11.5 Å². The summed E-state index contributed by atoms with van der Waals surface area (Å²) >= 11 is 0. The predicted octanol–water partition coefficient (Wildman–Crippen LogP) is 3.83. The molecular weight excluding hydrogens is 434 g/mol. The number of ether oxygens (including phenoxy) is 3. The second kappa shape index (κ2) is 10.7. The Hall–Kier alpha value is -3.39. The lowest BCUT2D eigenvalue weighted by Gasteiger charge is -2.35. The number of aldehydes is 1. The van der Waals surface area contributed by atoms with Gasteiger partial charge in [-0.25, -0.2) is 4.79 Å². The topological polar surface area (TPSA) is 103 Å². The van der Waals surface area contributed by atoms with E-state index in [2.05, 4.69) is 0 Å². The molecule has 2 unspecified atom stereocenters. The van der Waals surface area contributed by atoms with E-state index < -0.39 is 18.2 Å². The SMILES string of the molecule is COC(=O)c1ccc(C(N)N2N=C(c3ccc(OC)c(OC4CCCC4)c3)CCC2C=O)cc1. The molecule has 8 heteroatoms. The smallest absolute Gasteiger partial charge is 0.337 e. The molecule has 0 aromatic heterocycles. The highest BCUT2D eigenvalue weighted by atomic mass is 16.5. The summed E-state index contributed by atoms with van der Waals surface area (Å²) in [6.45, 7) is 0. The van der Waals surface area contributed by atoms with Crippen LogP contribution >= 0.6 is 0 Å². The van der Waals surface area contributed by atoms with Crippen LogP contribution in [0.4, 0.5) is 0 Å². The Balaban J connectivity index is 1.60. The van der Waals surface area contributed by atoms with Gasteiger partial charge in [0.25, 0.3) is 0 Å². The molecule has 2 aliphatic rings. The molecule has 2 atom stereocenters. The zero-order valence-corrected chi connectivity index (χ0v) is 19.6. The van der Waals surface area contributed by atoms with Crippen LogP contribution in [0.2, 0.25) is 0 Å². The van der Waals surface area contributed by atoms with Gasteiger partial charge in [-0.05, 0) is 74.4 Å². The van der Waals surface area contributed by atoms with Crippen LogP contribution in [0.3, 0.4) is 0 Å². The molecule has 0 bridgehead atoms. The van der Waals surface area contributed by atoms with Crippen LogP contribution in [0.25, 0.3) is 0 Å². The molecular formula is C26H31N3O5. The lowest BCUT2D eigenvalue weighted by atomic mass is 9.99. The maximum absolute atomic E-state index is 11.8. The molecule has 2 aromatic carbocycles. The van der Waals surface area contributed by atoms with E-state index in [1.807, 2.05) is 18.2 Å². The lowest BCUT2D eigenvalue weighted by Crippen LogP contribution is -2.43. The van der Waals surface area contributed by atoms with Crippen LogP contribution in [0.1, 0.15) is 66.2 Å². The van der Waals surface area contributed by atoms with Gasteiger partial charge in [-0.1, -0.05) is 12.1 Å². The van der Waals surface area contributed by atoms with E-state index in [0.717, 1.165) is 36.0 Å². The average molecular weight is 466 g/mol. The number of carbonyl (C=O) groups is 2. The summed E-state index contributed by atoms with van der Waals surface area (Å²) in [4.78, 5) is 23.5. The van der Waals surface area contributed by atoms with Crippen molar-refractivity contribution in [3.63, 3.8) is 0 Å². The number of methoxy groups -OCH3 is 2. The second-order valence-electron chi connectivity index (χ2n) is 8.62. The molecule has 1 aliphatic carbocycles. The fourth-order valence-electron chi connectivity index (χ4n) is 4.50. The van der Waals surface area contributed by atoms with Gasteiger partial charge in [0, 0.05) is 5.56 Å². The molecule has 2 aromatic rings. The van der Waals surface area contributed by atoms with Crippen molar-refractivity contribution in [3.8, 4) is 11.5 Å². The maximum atomic E-state index is 11.8. The van der Waals surface area contributed by atoms with Crippen molar-refractivity contribution in [2.75, 3.05) is 14.2 Å². The first kappa shape index (κ1) is 23.8. The van der Waals surface area contributed by atoms with Crippen molar-refractivity contribution in [1.29, 1.82) is 0 Å². The number of nitrogens with zero attached hydrogens (tertiary/aromatic N) is 2. The van der Waals surface area contributed by atoms with Crippen molar-refractivity contribution in [2.24, 2.45) is 10.8 Å². The third kappa shape index (κ3) is 5.07. The summed E-state index contributed by atoms with van der Waals surface area (Å²) in [5.41, 5.74) is 9.44. The Morgan fingerprint density at radius 2 is 1.82 bits per heavy atom. The minimum Gasteiger partial charge on any atom is -0.493 e. The molecule has 1 fully saturated rings. The quantitative estimate of drug-likeness (QED) is 0.467. The fraction of sp³-hybridized carbons (Fsp3) is 0.423. The van der Waals surface area contributed by atoms with Crippen LogP contribution in [-0.4, -0.2) is 49.3 Å². The van der Waals surface area contributed by atoms with E-state index >= 15 is 0 Å². The monoisotopic (exact) mass is 465 g/mol. The van der Waals surface area contributed by atoms with Gasteiger partial charge in [0.2, 0.25) is 0 Å². The number of hydrogen-bond donors (Lipinski definition) is 1. The normalized spacial score (nSPS) is 19.3. The van der Waals surface area contributed by atoms with Crippen LogP contribution in [0, 0.1) is 0 Å². The first-order valence-electron chi connectivity index (χ1n) is 11.6. The van der Waals surface area contributed by atoms with Crippen molar-refractivity contribution >= 4 is 18.0 Å². The molecule has 34 heavy (non-hydrogen) atoms. The first-order valence-corrected chi connectivity index (χ1v) is 11.6. The molecule has 0 saturated heterocycles. The molecule has 2 N–H and O–H groups in total. The van der Waals surface area contributed by atoms with E-state index in [-0.39, 0.29) is 6.10 Å². The molecule has 4 rings (SSSR count). The van der Waals surface area contributed by atoms with Gasteiger partial charge in [-0.15, -0.1) is 0 Å². The third-order valence-electron chi connectivity index (χ3n) is 6.46. The van der Waals surface area contributed by atoms with Gasteiger partial charge in [-0.2, -0.15) is 5.10 Å². The van der Waals surface area contributed by atoms with Gasteiger partial charge in [-0.3, -0.25) is 5.01 Å². The van der Waals surface area contributed by atoms with Gasteiger partial charge in [0.15, 0.2) is 11.5 Å². The Labute approximate surface area is 199 Å². The second-order valence-corrected chi connectivity index (χ2v) is 8.62. The lowest BCUT2D eigenvalue weighted by molar-refractivity contribution is -0.113. The summed E-state index contributed by atoms with van der Waals surface area (Å²) in [5.74, 6) is 0.984. The van der Waals surface area contributed by atoms with E-state index in [0.29, 0.717) is 29.9 Å². The molecule has 0 radical (unpaired) electrons. The molecule has 180 valence electrons. The fourth-order valence-corrected chi connectivity index (χ4v) is 4.50. The zero-order chi connectivity index (χ0) is 24.1. The van der Waals surface area contributed by atoms with Gasteiger partial charge in [0.1, 0.15) is 18.5 Å². The molecule has 8 nitrogen and oxygen atoms in total. The van der Waals surface area contributed by atoms with E-state index in [1.165, 1.54) is 20.0 Å². The summed E-state index contributed by atoms with van der Waals surface area (Å²) in [6, 6.07) is 12.2. The summed E-state index contributed by atoms with van der Waals surface area (Å²) < 4.78 is 16.5. The Bertz CT molecular complexity index is 1050. The number of hydrogen-bond acceptors (Lipinski definition) is 8. The van der Waals surface area contributed by atoms with Crippen LogP contribution in [0.15, 0.2) is 47.6 Å². The van der Waals surface area contributed by atoms with E-state index in [4.69, 9.17) is 25.0 Å². The van der Waals surface area contributed by atoms with Crippen molar-refractivity contribution in [1.82, 2.24) is 5.01 Å². The number of rotatable bonds is 8. The number of esters is 1. The minimum atomic E-state index is -0.648. The molecule has 0 spiro atoms. The summed E-state index contributed by atoms with van der Waals surface area (Å²) in [5, 5.41) is 6.43. The third-order valence-corrected chi connectivity index (χ3v) is 6.46. The van der Waals surface area contributed by atoms with Crippen LogP contribution in [-0.2, 0) is 9.53 Å². The molecule has 1 aliphatic heterocycles. The highest BCUT2D eigenvalue weighted by molar-refractivity contribution is 6.01. The number of carbonyl (C=O) groups excluding carboxylic acids is 2. The number of nitrogens with two attached hydrogens (primary N) is 1. The van der Waals surface area contributed by atoms with Gasteiger partial charge in [0.05, 0.1) is 31.6 Å². The highest BCUT2D eigenvalue weighted by Gasteiger charge is 2.29. The standard InChI is InChI=1S/C26H31N3O5/c1-32-23-14-11-19(15-24(23)34-21-5-3-4-6-21)22-13-12-20(16-30)29(28-22)25(27)17-7-9-18(10-8-17)26(31)33-2/h7-11,14-16,20-21,25H,3-6,12-13,27H2,1-2H3. The van der Waals surface area contributed by atoms with Gasteiger partial charge < -0.3 is 24.7 Å². The summed E-state index contributed by atoms with van der Waals surface area (Å²) in [6.07, 6.45) is 6.13. The van der Waals surface area contributed by atoms with Crippen molar-refractivity contribution in [3.05, 3.63) is 59.2 Å². The van der Waals surface area contributed by atoms with E-state index in [1.54, 1.807) is 36.4 Å². The van der Waals surface area contributed by atoms with Crippen LogP contribution < -0.4 is 15.2 Å². The summed E-state index contributed by atoms with van der Waals surface area (Å²) in [7, 11) is 2.97. The van der Waals surface area contributed by atoms with E-state index in [9.17, 15) is 9.59 Å². The Morgan fingerprint density at radius 1 is 1.09 bits per heavy atom. The number of hydrazone groups is 1. The number of benzene rings is 2. The molecule has 1 heterocycles. The predicted molar refractivity (Wildman–Crippen MR) is 128 cm³/mol. The van der Waals surface area contributed by atoms with Gasteiger partial charge >= 0.3 is 5.97 Å².